The fourth-order valence-electron chi connectivity index (χ4n) is 1.10. The van der Waals surface area contributed by atoms with Gasteiger partial charge in [0.2, 0.25) is 0 Å². The van der Waals surface area contributed by atoms with Crippen LogP contribution in [-0.2, 0) is 6.54 Å². The van der Waals surface area contributed by atoms with Crippen molar-refractivity contribution in [2.24, 2.45) is 0 Å². The van der Waals surface area contributed by atoms with Crippen LogP contribution < -0.4 is 4.57 Å². The van der Waals surface area contributed by atoms with Gasteiger partial charge in [0.05, 0.1) is 6.54 Å². The summed E-state index contributed by atoms with van der Waals surface area (Å²) in [5.74, 6) is -0.885. The Kier molecular flexibility index (Phi) is 7.12. The van der Waals surface area contributed by atoms with Gasteiger partial charge in [-0.05, 0) is 20.2 Å². The van der Waals surface area contributed by atoms with Gasteiger partial charge in [-0.15, -0.1) is 0 Å². The molecule has 0 bridgehead atoms. The topological polar surface area (TPSA) is 44.4 Å². The van der Waals surface area contributed by atoms with Crippen LogP contribution in [0.25, 0.3) is 0 Å². The first-order valence-corrected chi connectivity index (χ1v) is 5.47. The van der Waals surface area contributed by atoms with Crippen molar-refractivity contribution in [2.75, 3.05) is 20.6 Å². The lowest BCUT2D eigenvalue weighted by molar-refractivity contribution is -0.696. The molecule has 0 aliphatic carbocycles. The zero-order chi connectivity index (χ0) is 12.6. The van der Waals surface area contributed by atoms with E-state index < -0.39 is 5.97 Å². The molecule has 1 rings (SSSR count). The predicted molar refractivity (Wildman–Crippen MR) is 63.5 cm³/mol. The van der Waals surface area contributed by atoms with E-state index >= 15 is 0 Å². The molecule has 1 aromatic heterocycles. The first-order valence-electron chi connectivity index (χ1n) is 5.47. The van der Waals surface area contributed by atoms with Crippen molar-refractivity contribution in [3.8, 4) is 0 Å². The van der Waals surface area contributed by atoms with Crippen LogP contribution in [0.1, 0.15) is 24.2 Å². The van der Waals surface area contributed by atoms with Crippen LogP contribution in [0.4, 0.5) is 0 Å². The average Bonchev–Trinajstić information content (AvgIpc) is 2.29. The summed E-state index contributed by atoms with van der Waals surface area (Å²) in [4.78, 5) is 12.7. The molecule has 4 nitrogen and oxygen atoms in total. The number of aromatic carboxylic acids is 1. The minimum atomic E-state index is -0.885. The van der Waals surface area contributed by atoms with Crippen LogP contribution in [0.3, 0.4) is 0 Å². The van der Waals surface area contributed by atoms with Crippen molar-refractivity contribution >= 4 is 5.97 Å². The summed E-state index contributed by atoms with van der Waals surface area (Å²) in [6.07, 6.45) is 3.52. The maximum Gasteiger partial charge on any atom is 0.341 e. The molecule has 0 amide bonds. The number of carboxylic acids is 1. The number of pyridine rings is 1. The van der Waals surface area contributed by atoms with Crippen molar-refractivity contribution < 1.29 is 14.5 Å². The van der Waals surface area contributed by atoms with Crippen molar-refractivity contribution in [3.63, 3.8) is 0 Å². The lowest BCUT2D eigenvalue weighted by Gasteiger charge is -2.05. The van der Waals surface area contributed by atoms with E-state index in [-0.39, 0.29) is 0 Å². The van der Waals surface area contributed by atoms with E-state index in [1.165, 1.54) is 0 Å². The maximum absolute atomic E-state index is 10.7. The molecule has 1 heterocycles. The molecule has 0 fully saturated rings. The third-order valence-corrected chi connectivity index (χ3v) is 1.91. The summed E-state index contributed by atoms with van der Waals surface area (Å²) in [7, 11) is 3.98. The van der Waals surface area contributed by atoms with Gasteiger partial charge < -0.3 is 10.0 Å². The highest BCUT2D eigenvalue weighted by atomic mass is 16.4. The maximum atomic E-state index is 10.7. The van der Waals surface area contributed by atoms with E-state index in [0.717, 1.165) is 13.1 Å². The number of aromatic nitrogens is 1. The molecule has 1 N–H and O–H groups in total. The highest BCUT2D eigenvalue weighted by Gasteiger charge is 2.08. The molecule has 1 aromatic rings. The average molecular weight is 225 g/mol. The summed E-state index contributed by atoms with van der Waals surface area (Å²) in [5.41, 5.74) is 0.325. The van der Waals surface area contributed by atoms with Gasteiger partial charge in [-0.1, -0.05) is 13.8 Å². The molecule has 16 heavy (non-hydrogen) atoms. The van der Waals surface area contributed by atoms with E-state index in [4.69, 9.17) is 5.11 Å². The fraction of sp³-hybridized carbons (Fsp3) is 0.500. The Morgan fingerprint density at radius 2 is 2.06 bits per heavy atom. The molecule has 0 atom stereocenters. The van der Waals surface area contributed by atoms with Gasteiger partial charge in [-0.3, -0.25) is 0 Å². The van der Waals surface area contributed by atoms with Crippen molar-refractivity contribution in [3.05, 3.63) is 30.1 Å². The summed E-state index contributed by atoms with van der Waals surface area (Å²) < 4.78 is 1.88. The van der Waals surface area contributed by atoms with Crippen LogP contribution >= 0.6 is 0 Å². The summed E-state index contributed by atoms with van der Waals surface area (Å²) in [6.45, 7) is 5.70. The lowest BCUT2D eigenvalue weighted by Crippen LogP contribution is -2.38. The number of hydrogen-bond donors (Lipinski definition) is 1. The summed E-state index contributed by atoms with van der Waals surface area (Å²) in [6, 6.07) is 3.34. The number of carboxylic acid groups (broad SMARTS) is 1. The molecule has 0 aromatic carbocycles. The van der Waals surface area contributed by atoms with Gasteiger partial charge in [-0.25, -0.2) is 9.36 Å². The fourth-order valence-corrected chi connectivity index (χ4v) is 1.10. The van der Waals surface area contributed by atoms with Gasteiger partial charge in [0, 0.05) is 6.07 Å². The first kappa shape index (κ1) is 14.6. The molecular formula is C12H21N2O2+. The molecule has 0 saturated heterocycles. The van der Waals surface area contributed by atoms with Gasteiger partial charge >= 0.3 is 5.97 Å². The Balaban J connectivity index is 0.00000106. The van der Waals surface area contributed by atoms with Crippen LogP contribution in [0.5, 0.6) is 0 Å². The molecule has 0 unspecified atom stereocenters. The predicted octanol–water partition coefficient (Wildman–Crippen LogP) is 1.26. The standard InChI is InChI=1S/C10H14N2O2.C2H6/c1-11(2)6-7-12-5-3-4-9(8-12)10(13)14;1-2/h3-5,8H,6-7H2,1-2H3;1-2H3/p+1. The van der Waals surface area contributed by atoms with E-state index in [0.29, 0.717) is 5.56 Å². The second-order valence-electron chi connectivity index (χ2n) is 3.44. The Morgan fingerprint density at radius 3 is 2.56 bits per heavy atom. The Morgan fingerprint density at radius 1 is 1.44 bits per heavy atom. The normalized spacial score (nSPS) is 9.56. The van der Waals surface area contributed by atoms with Crippen molar-refractivity contribution in [1.82, 2.24) is 4.90 Å². The number of rotatable bonds is 4. The van der Waals surface area contributed by atoms with Crippen LogP contribution in [-0.4, -0.2) is 36.6 Å². The van der Waals surface area contributed by atoms with Crippen LogP contribution in [0.2, 0.25) is 0 Å². The molecule has 0 radical (unpaired) electrons. The van der Waals surface area contributed by atoms with E-state index in [2.05, 4.69) is 4.90 Å². The molecule has 0 aliphatic heterocycles. The highest BCUT2D eigenvalue weighted by Crippen LogP contribution is 1.93. The zero-order valence-electron chi connectivity index (χ0n) is 10.5. The third-order valence-electron chi connectivity index (χ3n) is 1.91. The first-order chi connectivity index (χ1) is 7.59. The molecule has 0 aliphatic rings. The molecule has 0 spiro atoms. The summed E-state index contributed by atoms with van der Waals surface area (Å²) >= 11 is 0. The smallest absolute Gasteiger partial charge is 0.341 e. The van der Waals surface area contributed by atoms with Crippen molar-refractivity contribution in [1.29, 1.82) is 0 Å². The Bertz CT molecular complexity index is 325. The van der Waals surface area contributed by atoms with Gasteiger partial charge in [0.25, 0.3) is 0 Å². The van der Waals surface area contributed by atoms with E-state index in [1.54, 1.807) is 18.3 Å². The van der Waals surface area contributed by atoms with Gasteiger partial charge in [-0.2, -0.15) is 0 Å². The minimum absolute atomic E-state index is 0.325. The second kappa shape index (κ2) is 7.82. The number of carbonyl (C=O) groups is 1. The molecule has 0 saturated carbocycles. The Hall–Kier alpha value is -1.42. The van der Waals surface area contributed by atoms with Gasteiger partial charge in [0.15, 0.2) is 18.9 Å². The molecular weight excluding hydrogens is 204 g/mol. The second-order valence-corrected chi connectivity index (χ2v) is 3.44. The molecule has 90 valence electrons. The Labute approximate surface area is 97.1 Å². The van der Waals surface area contributed by atoms with E-state index in [1.807, 2.05) is 38.7 Å². The van der Waals surface area contributed by atoms with Gasteiger partial charge in [0.1, 0.15) is 5.56 Å². The van der Waals surface area contributed by atoms with E-state index in [9.17, 15) is 4.79 Å². The number of nitrogens with zero attached hydrogens (tertiary/aromatic N) is 2. The number of likely N-dealkylation sites (N-methyl/N-ethyl adjacent to an activating group) is 1. The van der Waals surface area contributed by atoms with Crippen molar-refractivity contribution in [2.45, 2.75) is 20.4 Å². The lowest BCUT2D eigenvalue weighted by atomic mass is 10.3. The largest absolute Gasteiger partial charge is 0.477 e. The molecule has 4 heteroatoms. The van der Waals surface area contributed by atoms with Crippen LogP contribution in [0.15, 0.2) is 24.5 Å². The minimum Gasteiger partial charge on any atom is -0.477 e. The number of hydrogen-bond acceptors (Lipinski definition) is 2. The SMILES string of the molecule is CC.CN(C)CC[n+]1cccc(C(=O)O)c1. The monoisotopic (exact) mass is 225 g/mol. The summed E-state index contributed by atoms with van der Waals surface area (Å²) in [5, 5.41) is 8.76. The zero-order valence-corrected chi connectivity index (χ0v) is 10.5. The highest BCUT2D eigenvalue weighted by molar-refractivity contribution is 5.86. The van der Waals surface area contributed by atoms with Crippen LogP contribution in [0, 0.1) is 0 Å². The third kappa shape index (κ3) is 5.46. The quantitative estimate of drug-likeness (QED) is 0.785.